The van der Waals surface area contributed by atoms with Gasteiger partial charge in [0.2, 0.25) is 0 Å². The summed E-state index contributed by atoms with van der Waals surface area (Å²) in [6.45, 7) is 0. The van der Waals surface area contributed by atoms with Crippen LogP contribution in [0.1, 0.15) is 19.3 Å². The van der Waals surface area contributed by atoms with Gasteiger partial charge in [0.1, 0.15) is 0 Å². The van der Waals surface area contributed by atoms with Crippen molar-refractivity contribution in [2.45, 2.75) is 96.4 Å². The minimum atomic E-state index is -7.69. The van der Waals surface area contributed by atoms with E-state index in [4.69, 9.17) is 26.6 Å². The van der Waals surface area contributed by atoms with Gasteiger partial charge >= 0.3 is 86.9 Å². The molecule has 0 aliphatic carbocycles. The van der Waals surface area contributed by atoms with Crippen molar-refractivity contribution in [3.05, 3.63) is 0 Å². The summed E-state index contributed by atoms with van der Waals surface area (Å²) >= 11 is 0. The molecule has 0 aliphatic rings. The highest BCUT2D eigenvalue weighted by atomic mass is 28.4. The molecule has 0 heterocycles. The van der Waals surface area contributed by atoms with Crippen molar-refractivity contribution < 1.29 is 146 Å². The Hall–Kier alpha value is -1.33. The Kier molecular flexibility index (Phi) is 19.2. The van der Waals surface area contributed by atoms with Gasteiger partial charge in [0.05, 0.1) is 5.54 Å². The molecule has 368 valence electrons. The molecule has 0 radical (unpaired) electrons. The SMILES string of the molecule is CO[Si](OC)(OC)C(CC(CC(F)(OC(F)(F)C(F)(F)C(F)(F)F)C(F)(F)F)[Si](OC)(OC)OC)CC(C(F)(OC(F)(F)C(F)(F)C(F)(F)F)C(F)(F)F)[Si](OC)(OC)OC. The Morgan fingerprint density at radius 1 is 0.344 bits per heavy atom. The first-order chi connectivity index (χ1) is 27.0. The molecule has 61 heavy (non-hydrogen) atoms. The quantitative estimate of drug-likeness (QED) is 0.0648. The molecule has 0 fully saturated rings. The molecule has 11 nitrogen and oxygen atoms in total. The van der Waals surface area contributed by atoms with Gasteiger partial charge < -0.3 is 39.8 Å². The lowest BCUT2D eigenvalue weighted by Crippen LogP contribution is -2.66. The van der Waals surface area contributed by atoms with Gasteiger partial charge in [-0.25, -0.2) is 8.78 Å². The van der Waals surface area contributed by atoms with Gasteiger partial charge in [0.15, 0.2) is 0 Å². The maximum atomic E-state index is 16.7. The van der Waals surface area contributed by atoms with Crippen molar-refractivity contribution in [2.75, 3.05) is 64.0 Å². The molecule has 0 aliphatic heterocycles. The Morgan fingerprint density at radius 2 is 0.639 bits per heavy atom. The van der Waals surface area contributed by atoms with Gasteiger partial charge in [-0.3, -0.25) is 9.47 Å². The number of hydrogen-bond acceptors (Lipinski definition) is 11. The molecule has 0 bridgehead atoms. The first-order valence-corrected chi connectivity index (χ1v) is 20.9. The van der Waals surface area contributed by atoms with Crippen LogP contribution in [0.5, 0.6) is 0 Å². The Morgan fingerprint density at radius 3 is 0.902 bits per heavy atom. The smallest absolute Gasteiger partial charge is 0.377 e. The zero-order valence-electron chi connectivity index (χ0n) is 32.2. The third kappa shape index (κ3) is 11.4. The zero-order valence-corrected chi connectivity index (χ0v) is 35.2. The molecule has 0 amide bonds. The van der Waals surface area contributed by atoms with Crippen LogP contribution in [-0.4, -0.2) is 151 Å². The second-order valence-corrected chi connectivity index (χ2v) is 21.6. The second kappa shape index (κ2) is 19.6. The fraction of sp³-hybridized carbons (Fsp3) is 1.00. The van der Waals surface area contributed by atoms with Gasteiger partial charge in [-0.15, -0.1) is 0 Å². The Bertz CT molecular complexity index is 1350. The molecule has 36 heteroatoms. The summed E-state index contributed by atoms with van der Waals surface area (Å²) < 4.78 is 360. The first-order valence-electron chi connectivity index (χ1n) is 15.5. The standard InChI is InChI=1S/C25H36F22O11Si3/c1-48-59(49-2,50-3)13(11-15(61(54-7,55-8)56-9)17(27,21(35,36)37)58-25(46,47)19(30,31)23(41,42)43)10-14(60(51-4,52-5)53-6)12-16(26,20(32,33)34)57-24(44,45)18(28,29)22(38,39)40/h13-15H,10-12H2,1-9H3. The van der Waals surface area contributed by atoms with Crippen molar-refractivity contribution in [3.8, 4) is 0 Å². The van der Waals surface area contributed by atoms with Crippen molar-refractivity contribution in [2.24, 2.45) is 0 Å². The highest BCUT2D eigenvalue weighted by Crippen LogP contribution is 2.60. The molecule has 0 aromatic carbocycles. The first kappa shape index (κ1) is 59.7. The number of alkyl halides is 22. The van der Waals surface area contributed by atoms with Crippen LogP contribution in [0.2, 0.25) is 16.6 Å². The van der Waals surface area contributed by atoms with Crippen LogP contribution in [-0.2, 0) is 49.3 Å². The molecule has 5 atom stereocenters. The average molecular weight is 1010 g/mol. The van der Waals surface area contributed by atoms with E-state index >= 15 is 8.78 Å². The molecule has 5 unspecified atom stereocenters. The molecule has 0 spiro atoms. The molecule has 0 saturated heterocycles. The lowest BCUT2D eigenvalue weighted by atomic mass is 10.0. The Balaban J connectivity index is 8.67. The number of ether oxygens (including phenoxy) is 2. The molecule has 0 aromatic heterocycles. The largest absolute Gasteiger partial charge is 0.509 e. The lowest BCUT2D eigenvalue weighted by Gasteiger charge is -2.46. The van der Waals surface area contributed by atoms with Crippen LogP contribution in [0.25, 0.3) is 0 Å². The topological polar surface area (TPSA) is 102 Å². The van der Waals surface area contributed by atoms with Crippen molar-refractivity contribution in [1.82, 2.24) is 0 Å². The van der Waals surface area contributed by atoms with E-state index in [0.29, 0.717) is 42.7 Å². The summed E-state index contributed by atoms with van der Waals surface area (Å²) in [5, 5.41) is 0. The molecule has 0 rings (SSSR count). The summed E-state index contributed by atoms with van der Waals surface area (Å²) in [7, 11) is -13.8. The normalized spacial score (nSPS) is 18.7. The van der Waals surface area contributed by atoms with Crippen LogP contribution in [0, 0.1) is 0 Å². The number of halogens is 22. The van der Waals surface area contributed by atoms with Crippen LogP contribution < -0.4 is 0 Å². The molecular weight excluding hydrogens is 978 g/mol. The van der Waals surface area contributed by atoms with Crippen LogP contribution in [0.3, 0.4) is 0 Å². The predicted molar refractivity (Wildman–Crippen MR) is 159 cm³/mol. The molecule has 0 N–H and O–H groups in total. The predicted octanol–water partition coefficient (Wildman–Crippen LogP) is 8.97. The maximum absolute atomic E-state index is 16.7. The minimum Gasteiger partial charge on any atom is -0.377 e. The van der Waals surface area contributed by atoms with E-state index in [-0.39, 0.29) is 21.3 Å². The number of rotatable bonds is 25. The molecule has 0 saturated carbocycles. The fourth-order valence-corrected chi connectivity index (χ4v) is 14.0. The summed E-state index contributed by atoms with van der Waals surface area (Å²) in [5.74, 6) is -28.5. The van der Waals surface area contributed by atoms with Crippen LogP contribution in [0.4, 0.5) is 96.6 Å². The summed E-state index contributed by atoms with van der Waals surface area (Å²) in [6, 6.07) is 0. The third-order valence-corrected chi connectivity index (χ3v) is 18.3. The van der Waals surface area contributed by atoms with Crippen molar-refractivity contribution in [1.29, 1.82) is 0 Å². The average Bonchev–Trinajstić information content (AvgIpc) is 3.11. The summed E-state index contributed by atoms with van der Waals surface area (Å²) in [5.41, 5.74) is -10.0. The molecule has 0 aromatic rings. The fourth-order valence-electron chi connectivity index (χ4n) is 5.77. The van der Waals surface area contributed by atoms with Gasteiger partial charge in [0, 0.05) is 81.5 Å². The maximum Gasteiger partial charge on any atom is 0.509 e. The Labute approximate surface area is 333 Å². The van der Waals surface area contributed by atoms with E-state index in [1.54, 1.807) is 0 Å². The van der Waals surface area contributed by atoms with Gasteiger partial charge in [0.25, 0.3) is 0 Å². The summed E-state index contributed by atoms with van der Waals surface area (Å²) in [6.07, 6.45) is -51.9. The highest BCUT2D eigenvalue weighted by molar-refractivity contribution is 6.65. The minimum absolute atomic E-state index is 0.241. The van der Waals surface area contributed by atoms with E-state index < -0.39 is 123 Å². The van der Waals surface area contributed by atoms with E-state index in [1.165, 1.54) is 0 Å². The van der Waals surface area contributed by atoms with E-state index in [2.05, 4.69) is 22.8 Å². The van der Waals surface area contributed by atoms with Gasteiger partial charge in [-0.1, -0.05) is 0 Å². The van der Waals surface area contributed by atoms with Gasteiger partial charge in [-0.2, -0.15) is 87.8 Å². The molecular formula is C25H36F22O11Si3. The third-order valence-electron chi connectivity index (χ3n) is 8.85. The van der Waals surface area contributed by atoms with E-state index in [0.717, 1.165) is 0 Å². The zero-order chi connectivity index (χ0) is 49.1. The van der Waals surface area contributed by atoms with E-state index in [9.17, 15) is 87.8 Å². The van der Waals surface area contributed by atoms with Crippen molar-refractivity contribution >= 4 is 26.4 Å². The van der Waals surface area contributed by atoms with Gasteiger partial charge in [-0.05, 0) is 12.8 Å². The van der Waals surface area contributed by atoms with Crippen LogP contribution in [0.15, 0.2) is 0 Å². The van der Waals surface area contributed by atoms with E-state index in [1.807, 2.05) is 0 Å². The number of hydrogen-bond donors (Lipinski definition) is 0. The van der Waals surface area contributed by atoms with Crippen LogP contribution >= 0.6 is 0 Å². The highest BCUT2D eigenvalue weighted by Gasteiger charge is 2.82. The second-order valence-electron chi connectivity index (χ2n) is 12.0. The summed E-state index contributed by atoms with van der Waals surface area (Å²) in [4.78, 5) is 0. The van der Waals surface area contributed by atoms with Crippen molar-refractivity contribution in [3.63, 3.8) is 0 Å². The monoisotopic (exact) mass is 1010 g/mol. The lowest BCUT2D eigenvalue weighted by molar-refractivity contribution is -0.485.